The number of carbonyl (C=O) groups is 3. The topological polar surface area (TPSA) is 88.9 Å². The highest BCUT2D eigenvalue weighted by atomic mass is 32.1. The van der Waals surface area contributed by atoms with E-state index in [1.807, 2.05) is 30.3 Å². The van der Waals surface area contributed by atoms with E-state index in [1.165, 1.54) is 11.3 Å². The molecule has 3 N–H and O–H groups in total. The fourth-order valence-electron chi connectivity index (χ4n) is 2.89. The second-order valence-corrected chi connectivity index (χ2v) is 8.19. The van der Waals surface area contributed by atoms with E-state index in [2.05, 4.69) is 10.6 Å². The molecule has 0 bridgehead atoms. The first kappa shape index (κ1) is 21.0. The standard InChI is InChI=1S/C21H25N3O4S/c1-3-28-21(27)20-16(11-17(29-20)14-7-5-4-6-8-14)23-19(26)13-24(2)12-18(25)22-15-9-10-15/h4-8,11,15H,3,9-10,12-13H2,1-2H3,(H,22,25)(H,23,26)/p+1. The SMILES string of the molecule is CCOC(=O)c1sc(-c2ccccc2)cc1NC(=O)C[NH+](C)CC(=O)NC1CC1. The van der Waals surface area contributed by atoms with Gasteiger partial charge in [-0.2, -0.15) is 0 Å². The average Bonchev–Trinajstić information content (AvgIpc) is 3.38. The predicted octanol–water partition coefficient (Wildman–Crippen LogP) is 1.32. The molecule has 1 saturated carbocycles. The van der Waals surface area contributed by atoms with Crippen molar-refractivity contribution < 1.29 is 24.0 Å². The summed E-state index contributed by atoms with van der Waals surface area (Å²) in [4.78, 5) is 38.8. The van der Waals surface area contributed by atoms with E-state index >= 15 is 0 Å². The van der Waals surface area contributed by atoms with Gasteiger partial charge in [-0.3, -0.25) is 9.59 Å². The molecular weight excluding hydrogens is 390 g/mol. The maximum atomic E-state index is 12.5. The number of hydrogen-bond acceptors (Lipinski definition) is 5. The number of carbonyl (C=O) groups excluding carboxylic acids is 3. The maximum absolute atomic E-state index is 12.5. The van der Waals surface area contributed by atoms with Gasteiger partial charge in [0.15, 0.2) is 13.1 Å². The van der Waals surface area contributed by atoms with Crippen LogP contribution in [-0.2, 0) is 14.3 Å². The number of ether oxygens (including phenoxy) is 1. The van der Waals surface area contributed by atoms with E-state index < -0.39 is 5.97 Å². The quantitative estimate of drug-likeness (QED) is 0.538. The highest BCUT2D eigenvalue weighted by molar-refractivity contribution is 7.18. The molecular formula is C21H26N3O4S+. The summed E-state index contributed by atoms with van der Waals surface area (Å²) in [6, 6.07) is 11.7. The van der Waals surface area contributed by atoms with Crippen LogP contribution in [0.5, 0.6) is 0 Å². The minimum atomic E-state index is -0.459. The number of anilines is 1. The summed E-state index contributed by atoms with van der Waals surface area (Å²) in [6.07, 6.45) is 2.06. The van der Waals surface area contributed by atoms with Gasteiger partial charge >= 0.3 is 5.97 Å². The van der Waals surface area contributed by atoms with Crippen LogP contribution in [-0.4, -0.2) is 50.6 Å². The third-order valence-electron chi connectivity index (χ3n) is 4.39. The second kappa shape index (κ2) is 9.67. The molecule has 0 saturated heterocycles. The van der Waals surface area contributed by atoms with Crippen molar-refractivity contribution in [3.8, 4) is 10.4 Å². The molecule has 0 spiro atoms. The molecule has 154 valence electrons. The number of quaternary nitrogens is 1. The molecule has 3 rings (SSSR count). The summed E-state index contributed by atoms with van der Waals surface area (Å²) >= 11 is 1.29. The number of rotatable bonds is 9. The number of nitrogens with one attached hydrogen (secondary N) is 3. The lowest BCUT2D eigenvalue weighted by Crippen LogP contribution is -3.11. The fourth-order valence-corrected chi connectivity index (χ4v) is 3.90. The second-order valence-electron chi connectivity index (χ2n) is 7.14. The molecule has 29 heavy (non-hydrogen) atoms. The van der Waals surface area contributed by atoms with Gasteiger partial charge in [-0.15, -0.1) is 11.3 Å². The lowest BCUT2D eigenvalue weighted by atomic mass is 10.2. The van der Waals surface area contributed by atoms with Crippen LogP contribution in [0.4, 0.5) is 5.69 Å². The largest absolute Gasteiger partial charge is 0.462 e. The molecule has 2 amide bonds. The van der Waals surface area contributed by atoms with E-state index in [4.69, 9.17) is 4.74 Å². The van der Waals surface area contributed by atoms with Gasteiger partial charge in [0.25, 0.3) is 11.8 Å². The first-order valence-corrected chi connectivity index (χ1v) is 10.5. The number of esters is 1. The molecule has 1 aromatic carbocycles. The monoisotopic (exact) mass is 416 g/mol. The van der Waals surface area contributed by atoms with E-state index in [0.29, 0.717) is 16.6 Å². The molecule has 1 atom stereocenters. The van der Waals surface area contributed by atoms with Crippen LogP contribution in [0.25, 0.3) is 10.4 Å². The van der Waals surface area contributed by atoms with Crippen LogP contribution in [0.2, 0.25) is 0 Å². The van der Waals surface area contributed by atoms with Gasteiger partial charge < -0.3 is 20.3 Å². The van der Waals surface area contributed by atoms with Crippen LogP contribution in [0.15, 0.2) is 36.4 Å². The van der Waals surface area contributed by atoms with Crippen LogP contribution < -0.4 is 15.5 Å². The number of benzene rings is 1. The summed E-state index contributed by atoms with van der Waals surface area (Å²) in [7, 11) is 1.79. The number of likely N-dealkylation sites (N-methyl/N-ethyl adjacent to an activating group) is 1. The van der Waals surface area contributed by atoms with Crippen molar-refractivity contribution in [3.63, 3.8) is 0 Å². The van der Waals surface area contributed by atoms with Crippen molar-refractivity contribution in [2.24, 2.45) is 0 Å². The maximum Gasteiger partial charge on any atom is 0.350 e. The summed E-state index contributed by atoms with van der Waals surface area (Å²) in [5, 5.41) is 5.73. The first-order chi connectivity index (χ1) is 14.0. The first-order valence-electron chi connectivity index (χ1n) is 9.73. The van der Waals surface area contributed by atoms with Gasteiger partial charge in [0.05, 0.1) is 19.3 Å². The Bertz CT molecular complexity index is 877. The van der Waals surface area contributed by atoms with Crippen molar-refractivity contribution in [3.05, 3.63) is 41.3 Å². The lowest BCUT2D eigenvalue weighted by molar-refractivity contribution is -0.862. The Labute approximate surface area is 174 Å². The zero-order valence-electron chi connectivity index (χ0n) is 16.6. The van der Waals surface area contributed by atoms with Gasteiger partial charge in [0, 0.05) is 10.9 Å². The molecule has 8 heteroatoms. The van der Waals surface area contributed by atoms with E-state index in [1.54, 1.807) is 20.0 Å². The van der Waals surface area contributed by atoms with Crippen LogP contribution in [0.3, 0.4) is 0 Å². The zero-order valence-corrected chi connectivity index (χ0v) is 17.4. The van der Waals surface area contributed by atoms with Crippen LogP contribution in [0.1, 0.15) is 29.4 Å². The molecule has 1 unspecified atom stereocenters. The summed E-state index contributed by atoms with van der Waals surface area (Å²) in [5.41, 5.74) is 1.40. The van der Waals surface area contributed by atoms with E-state index in [-0.39, 0.29) is 31.5 Å². The Hall–Kier alpha value is -2.71. The molecule has 1 fully saturated rings. The Kier molecular flexibility index (Phi) is 7.00. The summed E-state index contributed by atoms with van der Waals surface area (Å²) < 4.78 is 5.14. The number of hydrogen-bond donors (Lipinski definition) is 3. The molecule has 1 aliphatic carbocycles. The Balaban J connectivity index is 1.67. The van der Waals surface area contributed by atoms with Crippen molar-refractivity contribution in [2.75, 3.05) is 32.1 Å². The van der Waals surface area contributed by atoms with E-state index in [9.17, 15) is 14.4 Å². The molecule has 1 aromatic heterocycles. The zero-order chi connectivity index (χ0) is 20.8. The molecule has 7 nitrogen and oxygen atoms in total. The summed E-state index contributed by atoms with van der Waals surface area (Å²) in [6.45, 7) is 2.35. The van der Waals surface area contributed by atoms with Crippen LogP contribution >= 0.6 is 11.3 Å². The average molecular weight is 417 g/mol. The Morgan fingerprint density at radius 2 is 1.83 bits per heavy atom. The van der Waals surface area contributed by atoms with Crippen molar-refractivity contribution >= 4 is 34.8 Å². The molecule has 2 aromatic rings. The van der Waals surface area contributed by atoms with Gasteiger partial charge in [-0.1, -0.05) is 30.3 Å². The third kappa shape index (κ3) is 6.13. The summed E-state index contributed by atoms with van der Waals surface area (Å²) in [5.74, 6) is -0.768. The van der Waals surface area contributed by atoms with Gasteiger partial charge in [-0.05, 0) is 31.4 Å². The Morgan fingerprint density at radius 1 is 1.14 bits per heavy atom. The fraction of sp³-hybridized carbons (Fsp3) is 0.381. The van der Waals surface area contributed by atoms with Crippen molar-refractivity contribution in [2.45, 2.75) is 25.8 Å². The number of amides is 2. The van der Waals surface area contributed by atoms with Crippen molar-refractivity contribution in [1.82, 2.24) is 5.32 Å². The third-order valence-corrected chi connectivity index (χ3v) is 5.56. The van der Waals surface area contributed by atoms with Gasteiger partial charge in [0.2, 0.25) is 0 Å². The molecule has 1 heterocycles. The Morgan fingerprint density at radius 3 is 2.48 bits per heavy atom. The van der Waals surface area contributed by atoms with Crippen LogP contribution in [0, 0.1) is 0 Å². The molecule has 0 aliphatic heterocycles. The van der Waals surface area contributed by atoms with Crippen molar-refractivity contribution in [1.29, 1.82) is 0 Å². The minimum absolute atomic E-state index is 0.0492. The minimum Gasteiger partial charge on any atom is -0.462 e. The normalized spacial score (nSPS) is 14.1. The van der Waals surface area contributed by atoms with E-state index in [0.717, 1.165) is 28.2 Å². The highest BCUT2D eigenvalue weighted by Gasteiger charge is 2.25. The van der Waals surface area contributed by atoms with Gasteiger partial charge in [-0.25, -0.2) is 4.79 Å². The predicted molar refractivity (Wildman–Crippen MR) is 112 cm³/mol. The highest BCUT2D eigenvalue weighted by Crippen LogP contribution is 2.35. The number of thiophene rings is 1. The van der Waals surface area contributed by atoms with Gasteiger partial charge in [0.1, 0.15) is 4.88 Å². The molecule has 1 aliphatic rings. The smallest absolute Gasteiger partial charge is 0.350 e. The molecule has 0 radical (unpaired) electrons. The lowest BCUT2D eigenvalue weighted by Gasteiger charge is -2.13.